The van der Waals surface area contributed by atoms with Crippen molar-refractivity contribution >= 4 is 56.9 Å². The Bertz CT molecular complexity index is 1180. The minimum atomic E-state index is -0.397. The minimum absolute atomic E-state index is 0.0257. The maximum Gasteiger partial charge on any atom is 0.326 e. The number of aryl methyl sites for hydroxylation is 2. The average molecular weight is 463 g/mol. The van der Waals surface area contributed by atoms with Crippen molar-refractivity contribution < 1.29 is 23.6 Å². The predicted molar refractivity (Wildman–Crippen MR) is 119 cm³/mol. The molecule has 0 aliphatic rings. The van der Waals surface area contributed by atoms with Crippen LogP contribution in [0.2, 0.25) is 0 Å². The van der Waals surface area contributed by atoms with Crippen LogP contribution in [0.1, 0.15) is 18.2 Å². The number of aromatic nitrogens is 2. The molecule has 0 bridgehead atoms. The van der Waals surface area contributed by atoms with Crippen molar-refractivity contribution in [2.45, 2.75) is 27.3 Å². The molecule has 2 aromatic heterocycles. The van der Waals surface area contributed by atoms with E-state index in [4.69, 9.17) is 9.26 Å². The van der Waals surface area contributed by atoms with Crippen LogP contribution in [0.25, 0.3) is 10.2 Å². The first-order chi connectivity index (χ1) is 14.9. The Morgan fingerprint density at radius 2 is 2.06 bits per heavy atom. The molecule has 3 aromatic rings. The first-order valence-electron chi connectivity index (χ1n) is 9.49. The molecule has 164 valence electrons. The number of nitrogens with one attached hydrogen (secondary N) is 1. The van der Waals surface area contributed by atoms with Crippen molar-refractivity contribution in [2.24, 2.45) is 4.99 Å². The van der Waals surface area contributed by atoms with Gasteiger partial charge >= 0.3 is 5.97 Å². The van der Waals surface area contributed by atoms with Crippen molar-refractivity contribution in [1.29, 1.82) is 0 Å². The number of anilines is 1. The van der Waals surface area contributed by atoms with Gasteiger partial charge in [0.1, 0.15) is 12.3 Å². The molecule has 9 nitrogen and oxygen atoms in total. The molecule has 0 saturated carbocycles. The lowest BCUT2D eigenvalue weighted by Gasteiger charge is -2.05. The standard InChI is InChI=1S/C20H22N4O5S2/c1-4-28-19(27)9-24-14-6-5-12(2)7-15(14)31-20(24)22-18(26)11-30-10-17(25)21-16-8-13(3)29-23-16/h5-8H,4,9-11H2,1-3H3,(H,21,23,25). The highest BCUT2D eigenvalue weighted by Gasteiger charge is 2.13. The number of benzene rings is 1. The molecule has 0 aliphatic heterocycles. The second-order valence-corrected chi connectivity index (χ2v) is 8.61. The largest absolute Gasteiger partial charge is 0.465 e. The van der Waals surface area contributed by atoms with E-state index in [1.807, 2.05) is 25.1 Å². The predicted octanol–water partition coefficient (Wildman–Crippen LogP) is 2.67. The molecule has 3 rings (SSSR count). The lowest BCUT2D eigenvalue weighted by atomic mass is 10.2. The Kier molecular flexibility index (Phi) is 7.64. The van der Waals surface area contributed by atoms with E-state index < -0.39 is 11.9 Å². The van der Waals surface area contributed by atoms with Gasteiger partial charge in [-0.1, -0.05) is 22.6 Å². The monoisotopic (exact) mass is 462 g/mol. The summed E-state index contributed by atoms with van der Waals surface area (Å²) in [5.41, 5.74) is 1.88. The van der Waals surface area contributed by atoms with E-state index >= 15 is 0 Å². The van der Waals surface area contributed by atoms with Crippen molar-refractivity contribution in [3.05, 3.63) is 40.4 Å². The van der Waals surface area contributed by atoms with Gasteiger partial charge in [-0.2, -0.15) is 4.99 Å². The minimum Gasteiger partial charge on any atom is -0.465 e. The Morgan fingerprint density at radius 3 is 2.77 bits per heavy atom. The third kappa shape index (κ3) is 6.28. The van der Waals surface area contributed by atoms with E-state index in [9.17, 15) is 14.4 Å². The summed E-state index contributed by atoms with van der Waals surface area (Å²) in [4.78, 5) is 41.0. The maximum absolute atomic E-state index is 12.4. The van der Waals surface area contributed by atoms with Gasteiger partial charge in [-0.3, -0.25) is 14.4 Å². The van der Waals surface area contributed by atoms with E-state index in [2.05, 4.69) is 15.5 Å². The molecular formula is C20H22N4O5S2. The van der Waals surface area contributed by atoms with Gasteiger partial charge in [-0.05, 0) is 38.5 Å². The molecule has 0 spiro atoms. The van der Waals surface area contributed by atoms with Crippen LogP contribution in [0.4, 0.5) is 5.82 Å². The fourth-order valence-electron chi connectivity index (χ4n) is 2.73. The molecule has 11 heteroatoms. The fourth-order valence-corrected chi connectivity index (χ4v) is 4.47. The van der Waals surface area contributed by atoms with Gasteiger partial charge < -0.3 is 19.1 Å². The third-order valence-electron chi connectivity index (χ3n) is 4.01. The molecule has 2 heterocycles. The quantitative estimate of drug-likeness (QED) is 0.512. The highest BCUT2D eigenvalue weighted by Crippen LogP contribution is 2.19. The van der Waals surface area contributed by atoms with Crippen LogP contribution in [-0.2, 0) is 25.7 Å². The number of nitrogens with zero attached hydrogens (tertiary/aromatic N) is 3. The summed E-state index contributed by atoms with van der Waals surface area (Å²) < 4.78 is 12.5. The van der Waals surface area contributed by atoms with Gasteiger partial charge in [0.2, 0.25) is 5.91 Å². The van der Waals surface area contributed by atoms with E-state index in [0.29, 0.717) is 16.4 Å². The van der Waals surface area contributed by atoms with E-state index in [1.165, 1.54) is 11.3 Å². The molecule has 1 N–H and O–H groups in total. The topological polar surface area (TPSA) is 116 Å². The number of hydrogen-bond acceptors (Lipinski definition) is 8. The van der Waals surface area contributed by atoms with E-state index in [1.54, 1.807) is 24.5 Å². The van der Waals surface area contributed by atoms with Gasteiger partial charge in [0.15, 0.2) is 10.6 Å². The first kappa shape index (κ1) is 22.8. The molecular weight excluding hydrogens is 440 g/mol. The third-order valence-corrected chi connectivity index (χ3v) is 5.96. The number of carbonyl (C=O) groups excluding carboxylic acids is 3. The van der Waals surface area contributed by atoms with Crippen molar-refractivity contribution in [2.75, 3.05) is 23.4 Å². The molecule has 0 unspecified atom stereocenters. The maximum atomic E-state index is 12.4. The number of esters is 1. The Hall–Kier alpha value is -2.92. The van der Waals surface area contributed by atoms with Crippen LogP contribution in [-0.4, -0.2) is 45.6 Å². The fraction of sp³-hybridized carbons (Fsp3) is 0.350. The van der Waals surface area contributed by atoms with E-state index in [-0.39, 0.29) is 30.6 Å². The number of amides is 2. The van der Waals surface area contributed by atoms with Gasteiger partial charge in [0.25, 0.3) is 5.91 Å². The zero-order chi connectivity index (χ0) is 22.4. The molecule has 0 saturated heterocycles. The van der Waals surface area contributed by atoms with Crippen LogP contribution in [0.5, 0.6) is 0 Å². The van der Waals surface area contributed by atoms with Crippen LogP contribution in [0.15, 0.2) is 33.8 Å². The number of fused-ring (bicyclic) bond motifs is 1. The molecule has 1 aromatic carbocycles. The molecule has 31 heavy (non-hydrogen) atoms. The van der Waals surface area contributed by atoms with Crippen LogP contribution in [0, 0.1) is 13.8 Å². The van der Waals surface area contributed by atoms with E-state index in [0.717, 1.165) is 27.5 Å². The molecule has 0 radical (unpaired) electrons. The lowest BCUT2D eigenvalue weighted by Crippen LogP contribution is -2.23. The summed E-state index contributed by atoms with van der Waals surface area (Å²) in [7, 11) is 0. The zero-order valence-electron chi connectivity index (χ0n) is 17.3. The van der Waals surface area contributed by atoms with Gasteiger partial charge in [0.05, 0.1) is 28.3 Å². The van der Waals surface area contributed by atoms with Crippen LogP contribution >= 0.6 is 23.1 Å². The zero-order valence-corrected chi connectivity index (χ0v) is 19.0. The Labute approximate surface area is 186 Å². The number of carbonyl (C=O) groups is 3. The number of ether oxygens (including phenoxy) is 1. The lowest BCUT2D eigenvalue weighted by molar-refractivity contribution is -0.143. The van der Waals surface area contributed by atoms with Crippen molar-refractivity contribution in [3.63, 3.8) is 0 Å². The first-order valence-corrected chi connectivity index (χ1v) is 11.5. The second kappa shape index (κ2) is 10.4. The van der Waals surface area contributed by atoms with Crippen LogP contribution < -0.4 is 10.1 Å². The highest BCUT2D eigenvalue weighted by atomic mass is 32.2. The summed E-state index contributed by atoms with van der Waals surface area (Å²) in [5, 5.41) is 6.28. The summed E-state index contributed by atoms with van der Waals surface area (Å²) in [6, 6.07) is 7.42. The average Bonchev–Trinajstić information content (AvgIpc) is 3.24. The highest BCUT2D eigenvalue weighted by molar-refractivity contribution is 8.00. The van der Waals surface area contributed by atoms with Gasteiger partial charge in [-0.25, -0.2) is 0 Å². The normalized spacial score (nSPS) is 11.6. The molecule has 0 aliphatic carbocycles. The van der Waals surface area contributed by atoms with Crippen molar-refractivity contribution in [1.82, 2.24) is 9.72 Å². The SMILES string of the molecule is CCOC(=O)Cn1c(=NC(=O)CSCC(=O)Nc2cc(C)on2)sc2cc(C)ccc21. The molecule has 0 atom stereocenters. The summed E-state index contributed by atoms with van der Waals surface area (Å²) in [6.07, 6.45) is 0. The Morgan fingerprint density at radius 1 is 1.26 bits per heavy atom. The smallest absolute Gasteiger partial charge is 0.326 e. The number of rotatable bonds is 8. The number of thiazole rings is 1. The Balaban J connectivity index is 1.69. The van der Waals surface area contributed by atoms with Crippen molar-refractivity contribution in [3.8, 4) is 0 Å². The summed E-state index contributed by atoms with van der Waals surface area (Å²) in [6.45, 7) is 5.68. The second-order valence-electron chi connectivity index (χ2n) is 6.62. The molecule has 2 amide bonds. The van der Waals surface area contributed by atoms with Gasteiger partial charge in [0, 0.05) is 6.07 Å². The number of hydrogen-bond donors (Lipinski definition) is 1. The van der Waals surface area contributed by atoms with Gasteiger partial charge in [-0.15, -0.1) is 11.8 Å². The number of thioether (sulfide) groups is 1. The molecule has 0 fully saturated rings. The van der Waals surface area contributed by atoms with Crippen LogP contribution in [0.3, 0.4) is 0 Å². The summed E-state index contributed by atoms with van der Waals surface area (Å²) >= 11 is 2.47. The summed E-state index contributed by atoms with van der Waals surface area (Å²) in [5.74, 6) is -0.0617.